The zero-order chi connectivity index (χ0) is 15.2. The van der Waals surface area contributed by atoms with Crippen LogP contribution in [0, 0.1) is 0 Å². The van der Waals surface area contributed by atoms with E-state index in [9.17, 15) is 13.5 Å². The fourth-order valence-electron chi connectivity index (χ4n) is 2.70. The third-order valence-corrected chi connectivity index (χ3v) is 5.22. The highest BCUT2D eigenvalue weighted by Crippen LogP contribution is 2.32. The summed E-state index contributed by atoms with van der Waals surface area (Å²) >= 11 is 0. The van der Waals surface area contributed by atoms with Gasteiger partial charge >= 0.3 is 0 Å². The minimum atomic E-state index is -3.87. The molecule has 1 aromatic heterocycles. The summed E-state index contributed by atoms with van der Waals surface area (Å²) in [5.74, 6) is -0.0641. The Morgan fingerprint density at radius 1 is 1.43 bits per heavy atom. The van der Waals surface area contributed by atoms with E-state index in [0.717, 1.165) is 11.1 Å². The van der Waals surface area contributed by atoms with Crippen LogP contribution in [-0.2, 0) is 23.5 Å². The van der Waals surface area contributed by atoms with Crippen LogP contribution in [0.4, 0.5) is 5.82 Å². The second-order valence-electron chi connectivity index (χ2n) is 5.12. The van der Waals surface area contributed by atoms with Gasteiger partial charge in [-0.25, -0.2) is 13.4 Å². The normalized spacial score (nSPS) is 21.4. The lowest BCUT2D eigenvalue weighted by molar-refractivity contribution is 0.151. The number of nitrogens with zero attached hydrogens (tertiary/aromatic N) is 2. The summed E-state index contributed by atoms with van der Waals surface area (Å²) in [6.07, 6.45) is 0.958. The van der Waals surface area contributed by atoms with Gasteiger partial charge in [0.15, 0.2) is 10.8 Å². The minimum Gasteiger partial charge on any atom is -0.391 e. The molecule has 4 N–H and O–H groups in total. The molecule has 0 saturated carbocycles. The average molecular weight is 308 g/mol. The quantitative estimate of drug-likeness (QED) is 0.735. The summed E-state index contributed by atoms with van der Waals surface area (Å²) in [6, 6.07) is 6.69. The monoisotopic (exact) mass is 308 g/mol. The number of aryl methyl sites for hydroxylation is 1. The predicted molar refractivity (Wildman–Crippen MR) is 76.8 cm³/mol. The van der Waals surface area contributed by atoms with Crippen molar-refractivity contribution in [2.45, 2.75) is 23.6 Å². The number of nitrogens with one attached hydrogen (secondary N) is 1. The fraction of sp³-hybridized carbons (Fsp3) is 0.308. The summed E-state index contributed by atoms with van der Waals surface area (Å²) in [5.41, 5.74) is 7.34. The standard InChI is InChI=1S/C13H16N4O3S/c1-17-7-15-12(14)13(17)21(19,20)16-11-9-5-3-2-4-8(9)6-10(11)18/h2-5,7,10-11,16,18H,6,14H2,1H3/t10-,11+/m1/s1. The second-order valence-corrected chi connectivity index (χ2v) is 6.74. The topological polar surface area (TPSA) is 110 Å². The maximum atomic E-state index is 12.5. The molecule has 0 radical (unpaired) electrons. The molecule has 0 aliphatic heterocycles. The van der Waals surface area contributed by atoms with Crippen LogP contribution in [-0.4, -0.2) is 29.2 Å². The Morgan fingerprint density at radius 3 is 2.81 bits per heavy atom. The van der Waals surface area contributed by atoms with Crippen molar-refractivity contribution in [1.29, 1.82) is 0 Å². The molecule has 21 heavy (non-hydrogen) atoms. The first-order valence-electron chi connectivity index (χ1n) is 6.45. The third-order valence-electron chi connectivity index (χ3n) is 3.65. The van der Waals surface area contributed by atoms with Crippen LogP contribution >= 0.6 is 0 Å². The molecule has 1 aliphatic rings. The molecule has 0 bridgehead atoms. The van der Waals surface area contributed by atoms with Gasteiger partial charge in [-0.1, -0.05) is 24.3 Å². The molecule has 3 rings (SSSR count). The highest BCUT2D eigenvalue weighted by molar-refractivity contribution is 7.89. The molecule has 1 aromatic carbocycles. The Balaban J connectivity index is 1.97. The molecule has 112 valence electrons. The van der Waals surface area contributed by atoms with Gasteiger partial charge in [0.25, 0.3) is 10.0 Å². The average Bonchev–Trinajstić information content (AvgIpc) is 2.91. The molecule has 0 amide bonds. The van der Waals surface area contributed by atoms with Crippen molar-refractivity contribution in [3.63, 3.8) is 0 Å². The van der Waals surface area contributed by atoms with Crippen LogP contribution in [0.5, 0.6) is 0 Å². The number of aliphatic hydroxyl groups excluding tert-OH is 1. The van der Waals surface area contributed by atoms with Crippen molar-refractivity contribution in [2.24, 2.45) is 7.05 Å². The lowest BCUT2D eigenvalue weighted by atomic mass is 10.1. The van der Waals surface area contributed by atoms with Crippen LogP contribution in [0.15, 0.2) is 35.6 Å². The number of anilines is 1. The number of sulfonamides is 1. The van der Waals surface area contributed by atoms with Gasteiger partial charge in [0.2, 0.25) is 0 Å². The molecule has 2 aromatic rings. The number of hydrogen-bond acceptors (Lipinski definition) is 5. The summed E-state index contributed by atoms with van der Waals surface area (Å²) < 4.78 is 28.8. The maximum absolute atomic E-state index is 12.5. The van der Waals surface area contributed by atoms with Crippen molar-refractivity contribution in [3.05, 3.63) is 41.7 Å². The first-order chi connectivity index (χ1) is 9.90. The van der Waals surface area contributed by atoms with E-state index in [2.05, 4.69) is 9.71 Å². The Bertz CT molecular complexity index is 765. The number of hydrogen-bond donors (Lipinski definition) is 3. The van der Waals surface area contributed by atoms with Gasteiger partial charge in [0.05, 0.1) is 18.5 Å². The van der Waals surface area contributed by atoms with E-state index in [1.807, 2.05) is 24.3 Å². The van der Waals surface area contributed by atoms with Gasteiger partial charge in [-0.15, -0.1) is 0 Å². The highest BCUT2D eigenvalue weighted by atomic mass is 32.2. The van der Waals surface area contributed by atoms with Crippen molar-refractivity contribution in [3.8, 4) is 0 Å². The van der Waals surface area contributed by atoms with E-state index in [-0.39, 0.29) is 10.8 Å². The molecule has 0 fully saturated rings. The third kappa shape index (κ3) is 2.31. The number of fused-ring (bicyclic) bond motifs is 1. The van der Waals surface area contributed by atoms with Crippen LogP contribution < -0.4 is 10.5 Å². The number of aliphatic hydroxyl groups is 1. The smallest absolute Gasteiger partial charge is 0.260 e. The number of aromatic nitrogens is 2. The minimum absolute atomic E-state index is 0.0641. The summed E-state index contributed by atoms with van der Waals surface area (Å²) in [5, 5.41) is 10.0. The summed E-state index contributed by atoms with van der Waals surface area (Å²) in [4.78, 5) is 3.78. The van der Waals surface area contributed by atoms with Gasteiger partial charge in [-0.3, -0.25) is 0 Å². The van der Waals surface area contributed by atoms with Crippen molar-refractivity contribution < 1.29 is 13.5 Å². The van der Waals surface area contributed by atoms with E-state index < -0.39 is 22.2 Å². The van der Waals surface area contributed by atoms with Crippen LogP contribution in [0.1, 0.15) is 17.2 Å². The largest absolute Gasteiger partial charge is 0.391 e. The Labute approximate surface area is 122 Å². The fourth-order valence-corrected chi connectivity index (χ4v) is 4.19. The van der Waals surface area contributed by atoms with Gasteiger partial charge in [-0.2, -0.15) is 4.72 Å². The van der Waals surface area contributed by atoms with E-state index in [1.54, 1.807) is 7.05 Å². The molecule has 2 atom stereocenters. The number of rotatable bonds is 3. The van der Waals surface area contributed by atoms with E-state index >= 15 is 0 Å². The van der Waals surface area contributed by atoms with Crippen molar-refractivity contribution in [1.82, 2.24) is 14.3 Å². The SMILES string of the molecule is Cn1cnc(N)c1S(=O)(=O)N[C@H]1c2ccccc2C[C@H]1O. The summed E-state index contributed by atoms with van der Waals surface area (Å²) in [6.45, 7) is 0. The zero-order valence-electron chi connectivity index (χ0n) is 11.4. The molecule has 1 heterocycles. The zero-order valence-corrected chi connectivity index (χ0v) is 12.2. The number of benzene rings is 1. The summed E-state index contributed by atoms with van der Waals surface area (Å²) in [7, 11) is -2.32. The predicted octanol–water partition coefficient (Wildman–Crippen LogP) is -0.0611. The van der Waals surface area contributed by atoms with E-state index in [4.69, 9.17) is 5.73 Å². The van der Waals surface area contributed by atoms with Crippen LogP contribution in [0.2, 0.25) is 0 Å². The van der Waals surface area contributed by atoms with E-state index in [0.29, 0.717) is 6.42 Å². The number of nitrogens with two attached hydrogens (primary N) is 1. The first kappa shape index (κ1) is 14.1. The molecular formula is C13H16N4O3S. The van der Waals surface area contributed by atoms with Gasteiger partial charge in [-0.05, 0) is 11.1 Å². The molecule has 0 saturated heterocycles. The number of nitrogen functional groups attached to an aromatic ring is 1. The van der Waals surface area contributed by atoms with Crippen molar-refractivity contribution in [2.75, 3.05) is 5.73 Å². The molecular weight excluding hydrogens is 292 g/mol. The maximum Gasteiger partial charge on any atom is 0.260 e. The second kappa shape index (κ2) is 4.83. The first-order valence-corrected chi connectivity index (χ1v) is 7.93. The van der Waals surface area contributed by atoms with Crippen LogP contribution in [0.25, 0.3) is 0 Å². The lowest BCUT2D eigenvalue weighted by Crippen LogP contribution is -2.35. The van der Waals surface area contributed by atoms with E-state index in [1.165, 1.54) is 10.9 Å². The Hall–Kier alpha value is -1.90. The lowest BCUT2D eigenvalue weighted by Gasteiger charge is -2.18. The van der Waals surface area contributed by atoms with Crippen LogP contribution in [0.3, 0.4) is 0 Å². The van der Waals surface area contributed by atoms with Crippen molar-refractivity contribution >= 4 is 15.8 Å². The molecule has 8 heteroatoms. The van der Waals surface area contributed by atoms with Gasteiger partial charge in [0, 0.05) is 13.5 Å². The Kier molecular flexibility index (Phi) is 3.23. The van der Waals surface area contributed by atoms with Gasteiger partial charge < -0.3 is 15.4 Å². The Morgan fingerprint density at radius 2 is 2.14 bits per heavy atom. The number of imidazole rings is 1. The molecule has 0 unspecified atom stereocenters. The molecule has 1 aliphatic carbocycles. The van der Waals surface area contributed by atoms with Gasteiger partial charge in [0.1, 0.15) is 0 Å². The molecule has 0 spiro atoms. The highest BCUT2D eigenvalue weighted by Gasteiger charge is 2.35. The molecule has 7 nitrogen and oxygen atoms in total.